The molecule has 0 amide bonds. The molecule has 0 radical (unpaired) electrons. The highest BCUT2D eigenvalue weighted by atomic mass is 16.3. The van der Waals surface area contributed by atoms with Crippen LogP contribution in [0.5, 0.6) is 0 Å². The van der Waals surface area contributed by atoms with E-state index in [1.807, 2.05) is 13.8 Å². The molecule has 0 bridgehead atoms. The molecule has 0 atom stereocenters. The molecule has 0 aromatic carbocycles. The van der Waals surface area contributed by atoms with Crippen molar-refractivity contribution in [2.24, 2.45) is 0 Å². The maximum absolute atomic E-state index is 9.50. The Morgan fingerprint density at radius 1 is 1.32 bits per heavy atom. The van der Waals surface area contributed by atoms with Crippen LogP contribution in [-0.4, -0.2) is 27.4 Å². The monoisotopic (exact) mass is 260 g/mol. The first-order valence-corrected chi connectivity index (χ1v) is 6.87. The van der Waals surface area contributed by atoms with Crippen LogP contribution in [0.15, 0.2) is 0 Å². The fourth-order valence-corrected chi connectivity index (χ4v) is 2.56. The normalized spacial score (nSPS) is 16.5. The zero-order valence-electron chi connectivity index (χ0n) is 11.5. The summed E-state index contributed by atoms with van der Waals surface area (Å²) in [4.78, 5) is 0. The molecule has 0 aliphatic heterocycles. The number of aryl methyl sites for hydroxylation is 1. The topological polar surface area (TPSA) is 81.8 Å². The summed E-state index contributed by atoms with van der Waals surface area (Å²) in [6.07, 6.45) is 4.45. The minimum absolute atomic E-state index is 0.0660. The van der Waals surface area contributed by atoms with Crippen LogP contribution >= 0.6 is 0 Å². The molecule has 102 valence electrons. The Morgan fingerprint density at radius 2 is 2.05 bits per heavy atom. The van der Waals surface area contributed by atoms with Gasteiger partial charge in [-0.15, -0.1) is 5.10 Å². The van der Waals surface area contributed by atoms with Crippen LogP contribution in [0.1, 0.15) is 49.9 Å². The lowest BCUT2D eigenvalue weighted by Gasteiger charge is -2.41. The largest absolute Gasteiger partial charge is 0.394 e. The van der Waals surface area contributed by atoms with Gasteiger partial charge >= 0.3 is 0 Å². The molecule has 5 heteroatoms. The Hall–Kier alpha value is -1.67. The Balaban J connectivity index is 2.38. The molecule has 1 saturated carbocycles. The van der Waals surface area contributed by atoms with Gasteiger partial charge in [0.1, 0.15) is 11.6 Å². The summed E-state index contributed by atoms with van der Waals surface area (Å²) in [6, 6.07) is 2.24. The summed E-state index contributed by atoms with van der Waals surface area (Å²) in [7, 11) is 0. The van der Waals surface area contributed by atoms with E-state index in [4.69, 9.17) is 0 Å². The number of hydrogen-bond donors (Lipinski definition) is 2. The summed E-state index contributed by atoms with van der Waals surface area (Å²) < 4.78 is 0. The maximum Gasteiger partial charge on any atom is 0.167 e. The van der Waals surface area contributed by atoms with Gasteiger partial charge < -0.3 is 10.4 Å². The third-order valence-electron chi connectivity index (χ3n) is 3.95. The van der Waals surface area contributed by atoms with E-state index in [-0.39, 0.29) is 12.1 Å². The second-order valence-corrected chi connectivity index (χ2v) is 5.08. The number of nitriles is 1. The van der Waals surface area contributed by atoms with E-state index in [1.165, 1.54) is 0 Å². The van der Waals surface area contributed by atoms with Gasteiger partial charge in [0.15, 0.2) is 5.82 Å². The van der Waals surface area contributed by atoms with Crippen LogP contribution in [0.4, 0.5) is 5.82 Å². The summed E-state index contributed by atoms with van der Waals surface area (Å²) in [6.45, 7) is 4.10. The van der Waals surface area contributed by atoms with E-state index in [0.29, 0.717) is 11.4 Å². The van der Waals surface area contributed by atoms with Crippen molar-refractivity contribution >= 4 is 5.82 Å². The van der Waals surface area contributed by atoms with Crippen LogP contribution in [0.2, 0.25) is 0 Å². The number of aliphatic hydroxyl groups is 1. The van der Waals surface area contributed by atoms with Crippen LogP contribution in [0, 0.1) is 11.3 Å². The predicted octanol–water partition coefficient (Wildman–Crippen LogP) is 1.80. The number of nitrogens with one attached hydrogen (secondary N) is 1. The van der Waals surface area contributed by atoms with Crippen molar-refractivity contribution in [1.82, 2.24) is 10.2 Å². The summed E-state index contributed by atoms with van der Waals surface area (Å²) in [5.41, 5.74) is 2.12. The van der Waals surface area contributed by atoms with Crippen LogP contribution < -0.4 is 5.32 Å². The van der Waals surface area contributed by atoms with Gasteiger partial charge in [-0.1, -0.05) is 13.8 Å². The lowest BCUT2D eigenvalue weighted by atomic mass is 9.77. The Bertz CT molecular complexity index is 497. The fraction of sp³-hybridized carbons (Fsp3) is 0.643. The molecule has 1 fully saturated rings. The Kier molecular flexibility index (Phi) is 4.01. The molecule has 2 rings (SSSR count). The van der Waals surface area contributed by atoms with Gasteiger partial charge in [0.05, 0.1) is 17.8 Å². The molecule has 0 unspecified atom stereocenters. The van der Waals surface area contributed by atoms with E-state index >= 15 is 0 Å². The molecular weight excluding hydrogens is 240 g/mol. The van der Waals surface area contributed by atoms with Crippen LogP contribution in [-0.2, 0) is 12.8 Å². The minimum Gasteiger partial charge on any atom is -0.394 e. The lowest BCUT2D eigenvalue weighted by Crippen LogP contribution is -2.48. The summed E-state index contributed by atoms with van der Waals surface area (Å²) in [5, 5.41) is 30.5. The average Bonchev–Trinajstić information content (AvgIpc) is 2.41. The molecule has 0 saturated heterocycles. The van der Waals surface area contributed by atoms with Crippen molar-refractivity contribution in [2.75, 3.05) is 11.9 Å². The van der Waals surface area contributed by atoms with Crippen molar-refractivity contribution in [1.29, 1.82) is 5.26 Å². The van der Waals surface area contributed by atoms with E-state index in [1.54, 1.807) is 0 Å². The zero-order valence-corrected chi connectivity index (χ0v) is 11.5. The van der Waals surface area contributed by atoms with Crippen molar-refractivity contribution in [3.05, 3.63) is 16.8 Å². The van der Waals surface area contributed by atoms with E-state index in [9.17, 15) is 10.4 Å². The molecule has 2 N–H and O–H groups in total. The van der Waals surface area contributed by atoms with Crippen molar-refractivity contribution in [2.45, 2.75) is 51.5 Å². The number of anilines is 1. The molecule has 1 aromatic heterocycles. The van der Waals surface area contributed by atoms with E-state index < -0.39 is 0 Å². The molecule has 0 spiro atoms. The molecule has 1 aliphatic rings. The van der Waals surface area contributed by atoms with Crippen LogP contribution in [0.25, 0.3) is 0 Å². The van der Waals surface area contributed by atoms with Crippen molar-refractivity contribution in [3.8, 4) is 6.07 Å². The third kappa shape index (κ3) is 2.41. The highest BCUT2D eigenvalue weighted by molar-refractivity contribution is 5.58. The maximum atomic E-state index is 9.50. The van der Waals surface area contributed by atoms with E-state index in [2.05, 4.69) is 21.6 Å². The second-order valence-electron chi connectivity index (χ2n) is 5.08. The van der Waals surface area contributed by atoms with Crippen molar-refractivity contribution < 1.29 is 5.11 Å². The molecule has 19 heavy (non-hydrogen) atoms. The summed E-state index contributed by atoms with van der Waals surface area (Å²) >= 11 is 0. The smallest absolute Gasteiger partial charge is 0.167 e. The number of aliphatic hydroxyl groups excluding tert-OH is 1. The molecule has 5 nitrogen and oxygen atoms in total. The Labute approximate surface area is 113 Å². The lowest BCUT2D eigenvalue weighted by molar-refractivity contribution is 0.143. The van der Waals surface area contributed by atoms with Gasteiger partial charge in [-0.25, -0.2) is 0 Å². The number of rotatable bonds is 5. The van der Waals surface area contributed by atoms with E-state index in [0.717, 1.165) is 43.4 Å². The molecule has 1 heterocycles. The number of aromatic nitrogens is 2. The number of hydrogen-bond acceptors (Lipinski definition) is 5. The fourth-order valence-electron chi connectivity index (χ4n) is 2.56. The molecule has 1 aromatic rings. The molecule has 1 aliphatic carbocycles. The molecular formula is C14H20N4O. The van der Waals surface area contributed by atoms with Gasteiger partial charge in [-0.05, 0) is 37.7 Å². The highest BCUT2D eigenvalue weighted by Gasteiger charge is 2.37. The quantitative estimate of drug-likeness (QED) is 0.843. The Morgan fingerprint density at radius 3 is 2.47 bits per heavy atom. The SMILES string of the molecule is CCc1nnc(NC2(CO)CCC2)c(C#N)c1CC. The first-order valence-electron chi connectivity index (χ1n) is 6.87. The van der Waals surface area contributed by atoms with Crippen LogP contribution in [0.3, 0.4) is 0 Å². The average molecular weight is 260 g/mol. The van der Waals surface area contributed by atoms with Crippen molar-refractivity contribution in [3.63, 3.8) is 0 Å². The zero-order chi connectivity index (χ0) is 13.9. The second kappa shape index (κ2) is 5.54. The minimum atomic E-state index is -0.307. The first-order chi connectivity index (χ1) is 9.19. The summed E-state index contributed by atoms with van der Waals surface area (Å²) in [5.74, 6) is 0.519. The van der Waals surface area contributed by atoms with Gasteiger partial charge in [-0.3, -0.25) is 0 Å². The first kappa shape index (κ1) is 13.8. The van der Waals surface area contributed by atoms with Gasteiger partial charge in [0.2, 0.25) is 0 Å². The number of nitrogens with zero attached hydrogens (tertiary/aromatic N) is 3. The van der Waals surface area contributed by atoms with Gasteiger partial charge in [0.25, 0.3) is 0 Å². The highest BCUT2D eigenvalue weighted by Crippen LogP contribution is 2.35. The third-order valence-corrected chi connectivity index (χ3v) is 3.95. The standard InChI is InChI=1S/C14H20N4O/c1-3-10-11(8-15)13(18-17-12(10)4-2)16-14(9-19)6-5-7-14/h19H,3-7,9H2,1-2H3,(H,16,18). The van der Waals surface area contributed by atoms with Gasteiger partial charge in [-0.2, -0.15) is 10.4 Å². The predicted molar refractivity (Wildman–Crippen MR) is 72.8 cm³/mol. The van der Waals surface area contributed by atoms with Gasteiger partial charge in [0, 0.05) is 0 Å².